The van der Waals surface area contributed by atoms with E-state index < -0.39 is 9.84 Å². The van der Waals surface area contributed by atoms with Crippen molar-refractivity contribution in [1.82, 2.24) is 4.57 Å². The molecule has 1 aliphatic heterocycles. The third-order valence-electron chi connectivity index (χ3n) is 5.47. The third kappa shape index (κ3) is 3.68. The zero-order chi connectivity index (χ0) is 19.2. The fraction of sp³-hybridized carbons (Fsp3) is 0.476. The molecule has 1 fully saturated rings. The van der Waals surface area contributed by atoms with Crippen molar-refractivity contribution in [2.24, 2.45) is 5.92 Å². The Hall–Kier alpha value is -2.08. The lowest BCUT2D eigenvalue weighted by molar-refractivity contribution is 0.300. The van der Waals surface area contributed by atoms with Crippen molar-refractivity contribution in [3.63, 3.8) is 0 Å². The largest absolute Gasteiger partial charge is 0.493 e. The first-order chi connectivity index (χ1) is 12.8. The molecule has 0 N–H and O–H groups in total. The maximum atomic E-state index is 12.6. The molecule has 1 aromatic heterocycles. The summed E-state index contributed by atoms with van der Waals surface area (Å²) in [5.41, 5.74) is 3.40. The molecule has 27 heavy (non-hydrogen) atoms. The van der Waals surface area contributed by atoms with Gasteiger partial charge in [0.05, 0.1) is 11.5 Å². The Bertz CT molecular complexity index is 1050. The Morgan fingerprint density at radius 2 is 1.93 bits per heavy atom. The molecule has 1 aliphatic carbocycles. The molecule has 1 saturated carbocycles. The topological polar surface area (TPSA) is 65.4 Å². The summed E-state index contributed by atoms with van der Waals surface area (Å²) >= 11 is 0. The highest BCUT2D eigenvalue weighted by molar-refractivity contribution is 7.90. The highest BCUT2D eigenvalue weighted by Gasteiger charge is 2.24. The molecule has 0 atom stereocenters. The van der Waals surface area contributed by atoms with Gasteiger partial charge < -0.3 is 9.30 Å². The molecule has 6 heteroatoms. The van der Waals surface area contributed by atoms with E-state index in [9.17, 15) is 13.2 Å². The van der Waals surface area contributed by atoms with Gasteiger partial charge in [0.25, 0.3) is 5.56 Å². The van der Waals surface area contributed by atoms with E-state index in [2.05, 4.69) is 0 Å². The first-order valence-corrected chi connectivity index (χ1v) is 11.4. The molecule has 4 rings (SSSR count). The zero-order valence-corrected chi connectivity index (χ0v) is 16.6. The summed E-state index contributed by atoms with van der Waals surface area (Å²) in [6.45, 7) is 3.19. The molecule has 2 aromatic rings. The fourth-order valence-electron chi connectivity index (χ4n) is 3.71. The molecule has 0 amide bonds. The third-order valence-corrected chi connectivity index (χ3v) is 6.58. The van der Waals surface area contributed by atoms with E-state index in [4.69, 9.17) is 4.74 Å². The van der Waals surface area contributed by atoms with Crippen LogP contribution >= 0.6 is 0 Å². The normalized spacial score (nSPS) is 16.8. The van der Waals surface area contributed by atoms with Gasteiger partial charge in [0.2, 0.25) is 0 Å². The molecule has 0 unspecified atom stereocenters. The van der Waals surface area contributed by atoms with E-state index in [1.165, 1.54) is 19.1 Å². The molecule has 0 spiro atoms. The standard InChI is InChI=1S/C21H25NO4S/c1-14-11-17(19-5-3-4-10-22(19)21(14)23)18-12-16(27(2,24)25)8-9-20(18)26-13-15-6-7-15/h8-9,11-12,15H,3-7,10,13H2,1-2H3. The number of fused-ring (bicyclic) bond motifs is 1. The summed E-state index contributed by atoms with van der Waals surface area (Å²) in [5.74, 6) is 1.29. The van der Waals surface area contributed by atoms with Crippen molar-refractivity contribution in [2.45, 2.75) is 50.5 Å². The molecule has 5 nitrogen and oxygen atoms in total. The quantitative estimate of drug-likeness (QED) is 0.789. The molecule has 144 valence electrons. The van der Waals surface area contributed by atoms with E-state index in [0.717, 1.165) is 36.1 Å². The summed E-state index contributed by atoms with van der Waals surface area (Å²) in [6, 6.07) is 6.96. The van der Waals surface area contributed by atoms with Gasteiger partial charge in [-0.3, -0.25) is 4.79 Å². The summed E-state index contributed by atoms with van der Waals surface area (Å²) in [6.07, 6.45) is 6.42. The van der Waals surface area contributed by atoms with Crippen molar-refractivity contribution in [2.75, 3.05) is 12.9 Å². The van der Waals surface area contributed by atoms with Crippen LogP contribution in [-0.2, 0) is 22.8 Å². The Balaban J connectivity index is 1.90. The molecule has 2 heterocycles. The molecular formula is C21H25NO4S. The van der Waals surface area contributed by atoms with Gasteiger partial charge in [0.15, 0.2) is 9.84 Å². The van der Waals surface area contributed by atoms with E-state index in [1.54, 1.807) is 18.2 Å². The van der Waals surface area contributed by atoms with Crippen molar-refractivity contribution in [3.8, 4) is 16.9 Å². The molecular weight excluding hydrogens is 362 g/mol. The highest BCUT2D eigenvalue weighted by Crippen LogP contribution is 2.38. The van der Waals surface area contributed by atoms with Crippen molar-refractivity contribution < 1.29 is 13.2 Å². The number of hydrogen-bond donors (Lipinski definition) is 0. The highest BCUT2D eigenvalue weighted by atomic mass is 32.2. The van der Waals surface area contributed by atoms with Gasteiger partial charge in [-0.15, -0.1) is 0 Å². The fourth-order valence-corrected chi connectivity index (χ4v) is 4.36. The van der Waals surface area contributed by atoms with Crippen LogP contribution in [0.2, 0.25) is 0 Å². The smallest absolute Gasteiger partial charge is 0.253 e. The second-order valence-corrected chi connectivity index (χ2v) is 9.80. The van der Waals surface area contributed by atoms with Crippen LogP contribution in [0.1, 0.15) is 36.9 Å². The number of sulfone groups is 1. The Morgan fingerprint density at radius 3 is 2.63 bits per heavy atom. The minimum atomic E-state index is -3.33. The van der Waals surface area contributed by atoms with Gasteiger partial charge >= 0.3 is 0 Å². The van der Waals surface area contributed by atoms with Gasteiger partial charge in [-0.25, -0.2) is 8.42 Å². The van der Waals surface area contributed by atoms with Crippen molar-refractivity contribution >= 4 is 9.84 Å². The zero-order valence-electron chi connectivity index (χ0n) is 15.8. The van der Waals surface area contributed by atoms with E-state index in [-0.39, 0.29) is 10.5 Å². The van der Waals surface area contributed by atoms with E-state index in [1.807, 2.05) is 17.6 Å². The number of nitrogens with zero attached hydrogens (tertiary/aromatic N) is 1. The van der Waals surface area contributed by atoms with Gasteiger partial charge in [0.1, 0.15) is 5.75 Å². The number of aryl methyl sites for hydroxylation is 1. The lowest BCUT2D eigenvalue weighted by Crippen LogP contribution is -2.29. The van der Waals surface area contributed by atoms with Crippen molar-refractivity contribution in [3.05, 3.63) is 45.9 Å². The average molecular weight is 388 g/mol. The van der Waals surface area contributed by atoms with Crippen LogP contribution in [0.15, 0.2) is 34.0 Å². The first kappa shape index (κ1) is 18.3. The van der Waals surface area contributed by atoms with Crippen molar-refractivity contribution in [1.29, 1.82) is 0 Å². The van der Waals surface area contributed by atoms with Gasteiger partial charge in [-0.2, -0.15) is 0 Å². The minimum Gasteiger partial charge on any atom is -0.493 e. The number of benzene rings is 1. The average Bonchev–Trinajstić information content (AvgIpc) is 3.47. The van der Waals surface area contributed by atoms with Gasteiger partial charge in [-0.1, -0.05) is 0 Å². The first-order valence-electron chi connectivity index (χ1n) is 9.55. The number of rotatable bonds is 5. The Kier molecular flexibility index (Phi) is 4.62. The van der Waals surface area contributed by atoms with Crippen LogP contribution in [0, 0.1) is 12.8 Å². The predicted molar refractivity (Wildman–Crippen MR) is 105 cm³/mol. The Labute approximate surface area is 159 Å². The summed E-state index contributed by atoms with van der Waals surface area (Å²) in [4.78, 5) is 12.8. The second-order valence-electron chi connectivity index (χ2n) is 7.79. The molecule has 2 aliphatic rings. The lowest BCUT2D eigenvalue weighted by Gasteiger charge is -2.24. The van der Waals surface area contributed by atoms with Gasteiger partial charge in [0, 0.05) is 35.2 Å². The number of hydrogen-bond acceptors (Lipinski definition) is 4. The van der Waals surface area contributed by atoms with Crippen LogP contribution in [0.4, 0.5) is 0 Å². The molecule has 0 saturated heterocycles. The minimum absolute atomic E-state index is 0.0492. The maximum absolute atomic E-state index is 12.6. The van der Waals surface area contributed by atoms with Gasteiger partial charge in [-0.05, 0) is 69.2 Å². The monoisotopic (exact) mass is 387 g/mol. The van der Waals surface area contributed by atoms with E-state index >= 15 is 0 Å². The molecule has 1 aromatic carbocycles. The SMILES string of the molecule is Cc1cc(-c2cc(S(C)(=O)=O)ccc2OCC2CC2)c2n(c1=O)CCCC2. The Morgan fingerprint density at radius 1 is 1.15 bits per heavy atom. The number of pyridine rings is 1. The summed E-state index contributed by atoms with van der Waals surface area (Å²) < 4.78 is 32.2. The van der Waals surface area contributed by atoms with Crippen LogP contribution < -0.4 is 10.3 Å². The second kappa shape index (κ2) is 6.82. The van der Waals surface area contributed by atoms with Crippen LogP contribution in [0.25, 0.3) is 11.1 Å². The molecule has 0 bridgehead atoms. The predicted octanol–water partition coefficient (Wildman–Crippen LogP) is 3.35. The summed E-state index contributed by atoms with van der Waals surface area (Å²) in [5, 5.41) is 0. The van der Waals surface area contributed by atoms with E-state index in [0.29, 0.717) is 30.4 Å². The number of ether oxygens (including phenoxy) is 1. The van der Waals surface area contributed by atoms with Crippen LogP contribution in [-0.4, -0.2) is 25.8 Å². The van der Waals surface area contributed by atoms with Crippen LogP contribution in [0.5, 0.6) is 5.75 Å². The number of aromatic nitrogens is 1. The summed E-state index contributed by atoms with van der Waals surface area (Å²) in [7, 11) is -3.33. The lowest BCUT2D eigenvalue weighted by atomic mass is 9.95. The maximum Gasteiger partial charge on any atom is 0.253 e. The molecule has 0 radical (unpaired) electrons. The van der Waals surface area contributed by atoms with Crippen LogP contribution in [0.3, 0.4) is 0 Å².